The number of nitrogens with zero attached hydrogens (tertiary/aromatic N) is 7. The topological polar surface area (TPSA) is 109 Å². The Morgan fingerprint density at radius 1 is 1.17 bits per heavy atom. The summed E-state index contributed by atoms with van der Waals surface area (Å²) in [6, 6.07) is 8.79. The van der Waals surface area contributed by atoms with Crippen LogP contribution < -0.4 is 14.5 Å². The van der Waals surface area contributed by atoms with Crippen LogP contribution in [0.1, 0.15) is 48.9 Å². The summed E-state index contributed by atoms with van der Waals surface area (Å²) in [5, 5.41) is 19.8. The number of carbonyl (C=O) groups excluding carboxylic acids is 1. The molecule has 1 aromatic carbocycles. The zero-order valence-corrected chi connectivity index (χ0v) is 24.5. The molecule has 0 saturated carbocycles. The molecule has 222 valence electrons. The number of aromatic nitrogens is 2. The van der Waals surface area contributed by atoms with Crippen LogP contribution in [0.2, 0.25) is 0 Å². The van der Waals surface area contributed by atoms with Crippen LogP contribution in [0.3, 0.4) is 0 Å². The molecule has 4 aliphatic rings. The number of amides is 1. The fourth-order valence-electron chi connectivity index (χ4n) is 7.21. The van der Waals surface area contributed by atoms with E-state index in [-0.39, 0.29) is 24.4 Å². The number of likely N-dealkylation sites (tertiary alicyclic amines) is 1. The number of carbonyl (C=O) groups is 1. The number of benzene rings is 1. The van der Waals surface area contributed by atoms with Gasteiger partial charge >= 0.3 is 6.01 Å². The number of rotatable bonds is 7. The van der Waals surface area contributed by atoms with E-state index in [2.05, 4.69) is 34.4 Å². The zero-order valence-electron chi connectivity index (χ0n) is 24.5. The number of anilines is 2. The predicted molar refractivity (Wildman–Crippen MR) is 161 cm³/mol. The second-order valence-electron chi connectivity index (χ2n) is 12.0. The number of phenols is 1. The van der Waals surface area contributed by atoms with E-state index in [1.807, 2.05) is 12.1 Å². The third-order valence-electron chi connectivity index (χ3n) is 9.51. The van der Waals surface area contributed by atoms with Gasteiger partial charge in [0, 0.05) is 62.0 Å². The van der Waals surface area contributed by atoms with E-state index >= 15 is 0 Å². The number of ether oxygens (including phenoxy) is 1. The highest BCUT2D eigenvalue weighted by Crippen LogP contribution is 2.38. The summed E-state index contributed by atoms with van der Waals surface area (Å²) in [6.45, 7) is 7.90. The smallest absolute Gasteiger partial charge is 0.318 e. The van der Waals surface area contributed by atoms with E-state index in [4.69, 9.17) is 14.7 Å². The fraction of sp³-hybridized carbons (Fsp3) is 0.562. The second-order valence-corrected chi connectivity index (χ2v) is 12.0. The summed E-state index contributed by atoms with van der Waals surface area (Å²) in [7, 11) is 2.14. The van der Waals surface area contributed by atoms with Crippen LogP contribution in [0.15, 0.2) is 30.9 Å². The van der Waals surface area contributed by atoms with Gasteiger partial charge in [0.15, 0.2) is 0 Å². The van der Waals surface area contributed by atoms with Gasteiger partial charge in [-0.25, -0.2) is 0 Å². The molecule has 42 heavy (non-hydrogen) atoms. The van der Waals surface area contributed by atoms with Crippen LogP contribution in [0.4, 0.5) is 11.5 Å². The highest BCUT2D eigenvalue weighted by atomic mass is 16.5. The van der Waals surface area contributed by atoms with Crippen LogP contribution in [-0.2, 0) is 24.1 Å². The molecule has 0 bridgehead atoms. The normalized spacial score (nSPS) is 24.1. The Morgan fingerprint density at radius 3 is 2.83 bits per heavy atom. The molecule has 2 fully saturated rings. The summed E-state index contributed by atoms with van der Waals surface area (Å²) in [4.78, 5) is 31.3. The van der Waals surface area contributed by atoms with Gasteiger partial charge in [0.05, 0.1) is 24.2 Å². The Hall–Kier alpha value is -3.84. The molecule has 2 aromatic rings. The van der Waals surface area contributed by atoms with Gasteiger partial charge in [0.2, 0.25) is 5.91 Å². The van der Waals surface area contributed by atoms with E-state index in [0.717, 1.165) is 74.4 Å². The standard InChI is InChI=1S/C32H41N7O3/c1-3-30(41)39-17-16-37(20-24(39)12-13-33)31-27-11-9-23(38-15-4-6-22-8-10-26(40)19-29(22)38)18-28(27)34-32(35-31)42-21-25-7-5-14-36(25)2/h3,8,10,19,23-25,40H,1,4-7,9,11-12,14-18,20-21H2,2H3. The van der Waals surface area contributed by atoms with E-state index < -0.39 is 0 Å². The maximum Gasteiger partial charge on any atom is 0.318 e. The molecular formula is C32H41N7O3. The first-order chi connectivity index (χ1) is 20.4. The van der Waals surface area contributed by atoms with Gasteiger partial charge in [-0.1, -0.05) is 12.6 Å². The lowest BCUT2D eigenvalue weighted by atomic mass is 9.88. The molecule has 6 rings (SSSR count). The van der Waals surface area contributed by atoms with Gasteiger partial charge in [-0.15, -0.1) is 0 Å². The second kappa shape index (κ2) is 12.2. The van der Waals surface area contributed by atoms with Crippen LogP contribution in [0.25, 0.3) is 0 Å². The van der Waals surface area contributed by atoms with Crippen molar-refractivity contribution in [1.29, 1.82) is 5.26 Å². The van der Waals surface area contributed by atoms with Crippen molar-refractivity contribution in [3.8, 4) is 17.8 Å². The minimum absolute atomic E-state index is 0.139. The van der Waals surface area contributed by atoms with Gasteiger partial charge in [0.1, 0.15) is 18.2 Å². The summed E-state index contributed by atoms with van der Waals surface area (Å²) < 4.78 is 6.29. The van der Waals surface area contributed by atoms with E-state index in [9.17, 15) is 15.2 Å². The molecule has 1 amide bonds. The van der Waals surface area contributed by atoms with Crippen molar-refractivity contribution in [2.24, 2.45) is 0 Å². The van der Waals surface area contributed by atoms with Crippen molar-refractivity contribution >= 4 is 17.4 Å². The highest BCUT2D eigenvalue weighted by molar-refractivity contribution is 5.87. The number of nitriles is 1. The van der Waals surface area contributed by atoms with E-state index in [1.54, 1.807) is 11.0 Å². The quantitative estimate of drug-likeness (QED) is 0.502. The lowest BCUT2D eigenvalue weighted by molar-refractivity contribution is -0.128. The van der Waals surface area contributed by atoms with Gasteiger partial charge in [-0.3, -0.25) is 4.79 Å². The molecule has 0 radical (unpaired) electrons. The number of likely N-dealkylation sites (N-methyl/N-ethyl adjacent to an activating group) is 1. The average molecular weight is 572 g/mol. The van der Waals surface area contributed by atoms with E-state index in [0.29, 0.717) is 44.0 Å². The van der Waals surface area contributed by atoms with Gasteiger partial charge in [0.25, 0.3) is 0 Å². The van der Waals surface area contributed by atoms with Crippen molar-refractivity contribution in [2.75, 3.05) is 56.2 Å². The maximum atomic E-state index is 12.5. The Labute approximate surface area is 248 Å². The van der Waals surface area contributed by atoms with Crippen LogP contribution in [-0.4, -0.2) is 95.3 Å². The number of hydrogen-bond acceptors (Lipinski definition) is 9. The summed E-state index contributed by atoms with van der Waals surface area (Å²) in [6.07, 6.45) is 8.54. The zero-order chi connectivity index (χ0) is 29.2. The van der Waals surface area contributed by atoms with Gasteiger partial charge in [-0.2, -0.15) is 15.2 Å². The minimum atomic E-state index is -0.231. The molecule has 4 heterocycles. The number of fused-ring (bicyclic) bond motifs is 2. The van der Waals surface area contributed by atoms with Crippen molar-refractivity contribution < 1.29 is 14.6 Å². The molecule has 10 heteroatoms. The lowest BCUT2D eigenvalue weighted by Gasteiger charge is -2.43. The third-order valence-corrected chi connectivity index (χ3v) is 9.51. The van der Waals surface area contributed by atoms with E-state index in [1.165, 1.54) is 18.1 Å². The first-order valence-electron chi connectivity index (χ1n) is 15.3. The molecule has 0 spiro atoms. The maximum absolute atomic E-state index is 12.5. The monoisotopic (exact) mass is 571 g/mol. The lowest BCUT2D eigenvalue weighted by Crippen LogP contribution is -2.55. The van der Waals surface area contributed by atoms with Crippen LogP contribution >= 0.6 is 0 Å². The third kappa shape index (κ3) is 5.62. The number of aryl methyl sites for hydroxylation is 1. The summed E-state index contributed by atoms with van der Waals surface area (Å²) in [5.74, 6) is 1.04. The average Bonchev–Trinajstić information content (AvgIpc) is 3.43. The number of aromatic hydroxyl groups is 1. The van der Waals surface area contributed by atoms with Gasteiger partial charge < -0.3 is 29.4 Å². The molecule has 1 aromatic heterocycles. The van der Waals surface area contributed by atoms with Crippen LogP contribution in [0, 0.1) is 11.3 Å². The molecule has 3 atom stereocenters. The first kappa shape index (κ1) is 28.3. The molecule has 2 saturated heterocycles. The first-order valence-corrected chi connectivity index (χ1v) is 15.3. The Kier molecular flexibility index (Phi) is 8.20. The molecule has 3 unspecified atom stereocenters. The highest BCUT2D eigenvalue weighted by Gasteiger charge is 2.35. The SMILES string of the molecule is C=CC(=O)N1CCN(c2nc(OCC3CCCN3C)nc3c2CCC(N2CCCc4ccc(O)cc42)C3)CC1CC#N. The molecule has 1 aliphatic carbocycles. The number of phenolic OH excluding ortho intramolecular Hbond substituents is 1. The molecule has 3 aliphatic heterocycles. The van der Waals surface area contributed by atoms with Crippen molar-refractivity contribution in [1.82, 2.24) is 19.8 Å². The van der Waals surface area contributed by atoms with Crippen LogP contribution in [0.5, 0.6) is 11.8 Å². The van der Waals surface area contributed by atoms with Crippen molar-refractivity contribution in [2.45, 2.75) is 69.5 Å². The summed E-state index contributed by atoms with van der Waals surface area (Å²) in [5.41, 5.74) is 4.57. The minimum Gasteiger partial charge on any atom is -0.508 e. The van der Waals surface area contributed by atoms with Crippen molar-refractivity contribution in [3.63, 3.8) is 0 Å². The molecular weight excluding hydrogens is 530 g/mol. The largest absolute Gasteiger partial charge is 0.508 e. The number of piperazine rings is 1. The van der Waals surface area contributed by atoms with Crippen molar-refractivity contribution in [3.05, 3.63) is 47.7 Å². The predicted octanol–water partition coefficient (Wildman–Crippen LogP) is 3.08. The van der Waals surface area contributed by atoms with Gasteiger partial charge in [-0.05, 0) is 69.8 Å². The Balaban J connectivity index is 1.30. The number of hydrogen-bond donors (Lipinski definition) is 1. The molecule has 10 nitrogen and oxygen atoms in total. The Morgan fingerprint density at radius 2 is 2.05 bits per heavy atom. The molecule has 1 N–H and O–H groups in total. The fourth-order valence-corrected chi connectivity index (χ4v) is 7.21. The Bertz CT molecular complexity index is 1370. The summed E-state index contributed by atoms with van der Waals surface area (Å²) >= 11 is 0.